The van der Waals surface area contributed by atoms with Crippen molar-refractivity contribution in [2.75, 3.05) is 6.61 Å². The van der Waals surface area contributed by atoms with E-state index in [0.29, 0.717) is 12.8 Å². The van der Waals surface area contributed by atoms with Crippen molar-refractivity contribution < 1.29 is 33.9 Å². The average molecular weight is 483 g/mol. The molecular weight excluding hydrogens is 436 g/mol. The van der Waals surface area contributed by atoms with Crippen molar-refractivity contribution >= 4 is 0 Å². The zero-order valence-electron chi connectivity index (χ0n) is 22.0. The van der Waals surface area contributed by atoms with E-state index in [1.54, 1.807) is 0 Å². The molecule has 0 aromatic rings. The van der Waals surface area contributed by atoms with E-state index >= 15 is 0 Å². The van der Waals surface area contributed by atoms with Crippen LogP contribution < -0.4 is 0 Å². The smallest absolute Gasteiger partial charge is 0.198 e. The van der Waals surface area contributed by atoms with E-state index in [1.807, 2.05) is 6.92 Å². The lowest BCUT2D eigenvalue weighted by atomic mass is 9.87. The second-order valence-electron chi connectivity index (χ2n) is 13.1. The van der Waals surface area contributed by atoms with Crippen molar-refractivity contribution in [2.24, 2.45) is 0 Å². The molecule has 7 nitrogen and oxygen atoms in total. The molecule has 1 spiro atoms. The van der Waals surface area contributed by atoms with Gasteiger partial charge in [0.1, 0.15) is 5.60 Å². The van der Waals surface area contributed by atoms with E-state index in [0.717, 1.165) is 51.4 Å². The molecule has 0 unspecified atom stereocenters. The number of hydrogen-bond donors (Lipinski definition) is 2. The molecule has 2 bridgehead atoms. The van der Waals surface area contributed by atoms with Crippen LogP contribution in [0, 0.1) is 0 Å². The predicted molar refractivity (Wildman–Crippen MR) is 126 cm³/mol. The molecule has 5 aliphatic rings. The first-order valence-electron chi connectivity index (χ1n) is 13.5. The maximum atomic E-state index is 10.9. The number of ether oxygens (including phenoxy) is 5. The van der Waals surface area contributed by atoms with Crippen LogP contribution in [0.3, 0.4) is 0 Å². The van der Waals surface area contributed by atoms with Crippen LogP contribution in [0.4, 0.5) is 0 Å². The average Bonchev–Trinajstić information content (AvgIpc) is 3.52. The molecule has 0 aliphatic carbocycles. The van der Waals surface area contributed by atoms with Gasteiger partial charge in [0.15, 0.2) is 5.79 Å². The van der Waals surface area contributed by atoms with Crippen LogP contribution >= 0.6 is 0 Å². The van der Waals surface area contributed by atoms with E-state index in [2.05, 4.69) is 34.6 Å². The second kappa shape index (κ2) is 8.11. The third-order valence-electron chi connectivity index (χ3n) is 9.87. The second-order valence-corrected chi connectivity index (χ2v) is 13.1. The van der Waals surface area contributed by atoms with Crippen molar-refractivity contribution in [2.45, 2.75) is 164 Å². The summed E-state index contributed by atoms with van der Waals surface area (Å²) in [6.45, 7) is 12.6. The lowest BCUT2D eigenvalue weighted by Gasteiger charge is -2.53. The Kier molecular flexibility index (Phi) is 6.05. The molecule has 34 heavy (non-hydrogen) atoms. The highest BCUT2D eigenvalue weighted by atomic mass is 16.8. The normalized spacial score (nSPS) is 51.9. The molecule has 5 fully saturated rings. The number of hydrogen-bond acceptors (Lipinski definition) is 7. The monoisotopic (exact) mass is 482 g/mol. The molecular formula is C27H46O7. The molecule has 2 N–H and O–H groups in total. The summed E-state index contributed by atoms with van der Waals surface area (Å²) in [7, 11) is 0. The van der Waals surface area contributed by atoms with Crippen LogP contribution in [-0.2, 0) is 23.7 Å². The summed E-state index contributed by atoms with van der Waals surface area (Å²) in [4.78, 5) is 0. The number of aliphatic hydroxyl groups is 2. The third kappa shape index (κ3) is 3.89. The van der Waals surface area contributed by atoms with E-state index in [-0.39, 0.29) is 36.6 Å². The van der Waals surface area contributed by atoms with Crippen LogP contribution in [0.15, 0.2) is 0 Å². The van der Waals surface area contributed by atoms with Crippen LogP contribution in [0.25, 0.3) is 0 Å². The first kappa shape index (κ1) is 25.4. The summed E-state index contributed by atoms with van der Waals surface area (Å²) in [5.74, 6) is -0.732. The summed E-state index contributed by atoms with van der Waals surface area (Å²) < 4.78 is 33.4. The Morgan fingerprint density at radius 1 is 0.794 bits per heavy atom. The Balaban J connectivity index is 1.26. The van der Waals surface area contributed by atoms with Gasteiger partial charge >= 0.3 is 0 Å². The van der Waals surface area contributed by atoms with Gasteiger partial charge in [0.2, 0.25) is 0 Å². The van der Waals surface area contributed by atoms with Crippen molar-refractivity contribution in [3.63, 3.8) is 0 Å². The highest BCUT2D eigenvalue weighted by Crippen LogP contribution is 2.59. The van der Waals surface area contributed by atoms with E-state index in [4.69, 9.17) is 23.7 Å². The summed E-state index contributed by atoms with van der Waals surface area (Å²) in [5.41, 5.74) is -2.59. The Morgan fingerprint density at radius 3 is 2.21 bits per heavy atom. The van der Waals surface area contributed by atoms with Gasteiger partial charge < -0.3 is 33.9 Å². The van der Waals surface area contributed by atoms with Gasteiger partial charge in [0.25, 0.3) is 0 Å². The third-order valence-corrected chi connectivity index (χ3v) is 9.87. The quantitative estimate of drug-likeness (QED) is 0.592. The van der Waals surface area contributed by atoms with Gasteiger partial charge in [-0.1, -0.05) is 0 Å². The molecule has 5 saturated heterocycles. The van der Waals surface area contributed by atoms with Gasteiger partial charge in [-0.2, -0.15) is 0 Å². The van der Waals surface area contributed by atoms with Crippen molar-refractivity contribution in [3.05, 3.63) is 0 Å². The zero-order valence-corrected chi connectivity index (χ0v) is 22.0. The molecule has 5 aliphatic heterocycles. The fraction of sp³-hybridized carbons (Fsp3) is 1.00. The van der Waals surface area contributed by atoms with Crippen LogP contribution in [0.5, 0.6) is 0 Å². The molecule has 0 radical (unpaired) electrons. The minimum Gasteiger partial charge on any atom is -0.396 e. The molecule has 0 saturated carbocycles. The molecule has 196 valence electrons. The Morgan fingerprint density at radius 2 is 1.50 bits per heavy atom. The van der Waals surface area contributed by atoms with Gasteiger partial charge in [-0.25, -0.2) is 0 Å². The van der Waals surface area contributed by atoms with Gasteiger partial charge in [0, 0.05) is 13.0 Å². The van der Waals surface area contributed by atoms with E-state index in [1.165, 1.54) is 0 Å². The van der Waals surface area contributed by atoms with Crippen LogP contribution in [0.1, 0.15) is 106 Å². The number of fused-ring (bicyclic) bond motifs is 3. The maximum Gasteiger partial charge on any atom is 0.198 e. The Bertz CT molecular complexity index is 785. The highest BCUT2D eigenvalue weighted by Gasteiger charge is 2.69. The number of rotatable bonds is 6. The summed E-state index contributed by atoms with van der Waals surface area (Å²) in [6, 6.07) is 0. The Hall–Kier alpha value is -0.280. The lowest BCUT2D eigenvalue weighted by molar-refractivity contribution is -0.407. The predicted octanol–water partition coefficient (Wildman–Crippen LogP) is 4.01. The first-order chi connectivity index (χ1) is 15.8. The van der Waals surface area contributed by atoms with Gasteiger partial charge in [-0.15, -0.1) is 0 Å². The van der Waals surface area contributed by atoms with E-state index in [9.17, 15) is 10.2 Å². The molecule has 0 aromatic heterocycles. The standard InChI is InChI=1S/C27H46O7/c1-22(2)18-11-14-26(6,32-18)27(33-22)16-15-25(5,34-27)21-9-8-20(30-21)24(4)13-10-19(31-24)23(3,29)12-7-17-28/h18-21,28-29H,7-17H2,1-6H3/t18-,19-,20-,21-,23-,24-,25-,26+,27+/m0/s1. The molecule has 0 aromatic carbocycles. The molecule has 7 heteroatoms. The van der Waals surface area contributed by atoms with Crippen molar-refractivity contribution in [1.82, 2.24) is 0 Å². The molecule has 5 rings (SSSR count). The van der Waals surface area contributed by atoms with Crippen molar-refractivity contribution in [1.29, 1.82) is 0 Å². The largest absolute Gasteiger partial charge is 0.396 e. The maximum absolute atomic E-state index is 10.9. The highest BCUT2D eigenvalue weighted by molar-refractivity contribution is 5.13. The Labute approximate surface area is 204 Å². The summed E-state index contributed by atoms with van der Waals surface area (Å²) >= 11 is 0. The van der Waals surface area contributed by atoms with Crippen LogP contribution in [-0.4, -0.2) is 75.0 Å². The first-order valence-corrected chi connectivity index (χ1v) is 13.5. The fourth-order valence-electron chi connectivity index (χ4n) is 7.44. The fourth-order valence-corrected chi connectivity index (χ4v) is 7.44. The lowest BCUT2D eigenvalue weighted by Crippen LogP contribution is -2.64. The molecule has 0 amide bonds. The van der Waals surface area contributed by atoms with Crippen LogP contribution in [0.2, 0.25) is 0 Å². The molecule has 5 heterocycles. The number of aliphatic hydroxyl groups excluding tert-OH is 1. The minimum atomic E-state index is -0.939. The molecule has 9 atom stereocenters. The van der Waals surface area contributed by atoms with Crippen molar-refractivity contribution in [3.8, 4) is 0 Å². The zero-order chi connectivity index (χ0) is 24.6. The topological polar surface area (TPSA) is 86.6 Å². The van der Waals surface area contributed by atoms with Gasteiger partial charge in [-0.05, 0) is 99.3 Å². The van der Waals surface area contributed by atoms with E-state index < -0.39 is 28.2 Å². The van der Waals surface area contributed by atoms with Gasteiger partial charge in [0.05, 0.1) is 46.8 Å². The summed E-state index contributed by atoms with van der Waals surface area (Å²) in [6.07, 6.45) is 8.08. The summed E-state index contributed by atoms with van der Waals surface area (Å²) in [5, 5.41) is 20.1. The SMILES string of the molecule is CC1(C)O[C@@]2(CC[C@@](C)([C@@H]3CC[C@@H]([C@]4(C)CC[C@@H]([C@@](C)(O)CCCO)O4)O3)O2)[C@@]2(C)CC[C@@H]1O2. The minimum absolute atomic E-state index is 0.0271. The van der Waals surface area contributed by atoms with Gasteiger partial charge in [-0.3, -0.25) is 0 Å².